The number of fused-ring (bicyclic) bond motifs is 1. The van der Waals surface area contributed by atoms with Gasteiger partial charge in [0, 0.05) is 48.8 Å². The van der Waals surface area contributed by atoms with E-state index in [0.717, 1.165) is 11.3 Å². The average molecular weight is 397 g/mol. The number of nitro groups is 1. The summed E-state index contributed by atoms with van der Waals surface area (Å²) in [5.41, 5.74) is 2.82. The summed E-state index contributed by atoms with van der Waals surface area (Å²) in [6.45, 7) is 1.54. The Morgan fingerprint density at radius 1 is 1.21 bits per heavy atom. The molecule has 0 atom stereocenters. The zero-order chi connectivity index (χ0) is 19.7. The Hall–Kier alpha value is -3.03. The molecular weight excluding hydrogens is 380 g/mol. The molecule has 0 bridgehead atoms. The van der Waals surface area contributed by atoms with Gasteiger partial charge in [0.1, 0.15) is 5.82 Å². The maximum absolute atomic E-state index is 12.6. The Balaban J connectivity index is 1.58. The molecule has 2 aromatic carbocycles. The Morgan fingerprint density at radius 2 is 2.00 bits per heavy atom. The van der Waals surface area contributed by atoms with Crippen molar-refractivity contribution in [1.29, 1.82) is 0 Å². The number of non-ortho nitro benzene ring substituents is 1. The van der Waals surface area contributed by atoms with Crippen LogP contribution in [0.2, 0.25) is 5.02 Å². The van der Waals surface area contributed by atoms with Crippen LogP contribution in [-0.4, -0.2) is 26.3 Å². The summed E-state index contributed by atoms with van der Waals surface area (Å²) in [4.78, 5) is 32.8. The van der Waals surface area contributed by atoms with Crippen LogP contribution >= 0.6 is 11.6 Å². The normalized spacial score (nSPS) is 13.9. The van der Waals surface area contributed by atoms with E-state index in [0.29, 0.717) is 48.0 Å². The number of hydrogen-bond donors (Lipinski definition) is 1. The summed E-state index contributed by atoms with van der Waals surface area (Å²) in [6.07, 6.45) is 0.631. The van der Waals surface area contributed by atoms with Gasteiger partial charge in [-0.15, -0.1) is 0 Å². The highest BCUT2D eigenvalue weighted by molar-refractivity contribution is 6.31. The first-order valence-electron chi connectivity index (χ1n) is 8.84. The van der Waals surface area contributed by atoms with E-state index in [1.54, 1.807) is 0 Å². The smallest absolute Gasteiger partial charge is 0.269 e. The van der Waals surface area contributed by atoms with E-state index in [9.17, 15) is 14.9 Å². The fraction of sp³-hybridized carbons (Fsp3) is 0.200. The quantitative estimate of drug-likeness (QED) is 0.537. The van der Waals surface area contributed by atoms with Crippen molar-refractivity contribution in [3.8, 4) is 11.4 Å². The second kappa shape index (κ2) is 7.53. The van der Waals surface area contributed by atoms with Gasteiger partial charge >= 0.3 is 0 Å². The predicted octanol–water partition coefficient (Wildman–Crippen LogP) is 3.56. The second-order valence-electron chi connectivity index (χ2n) is 6.70. The van der Waals surface area contributed by atoms with Gasteiger partial charge < -0.3 is 4.98 Å². The van der Waals surface area contributed by atoms with Crippen molar-refractivity contribution < 1.29 is 4.92 Å². The van der Waals surface area contributed by atoms with E-state index < -0.39 is 4.92 Å². The highest BCUT2D eigenvalue weighted by atomic mass is 35.5. The van der Waals surface area contributed by atoms with E-state index in [4.69, 9.17) is 11.6 Å². The number of nitro benzene ring substituents is 1. The fourth-order valence-corrected chi connectivity index (χ4v) is 3.56. The van der Waals surface area contributed by atoms with Gasteiger partial charge in [-0.05, 0) is 11.6 Å². The standard InChI is InChI=1S/C20H17ClN4O3/c21-17-7-6-15(25(27)28)10-14(17)11-24-9-8-18-16(12-24)20(26)23-19(22-18)13-4-2-1-3-5-13/h1-7,10H,8-9,11-12H2,(H,22,23,26). The molecular formula is C20H17ClN4O3. The van der Waals surface area contributed by atoms with Crippen molar-refractivity contribution in [3.63, 3.8) is 0 Å². The number of H-pyrrole nitrogens is 1. The van der Waals surface area contributed by atoms with Gasteiger partial charge in [-0.1, -0.05) is 41.9 Å². The minimum absolute atomic E-state index is 0.00354. The zero-order valence-corrected chi connectivity index (χ0v) is 15.6. The molecule has 0 aliphatic carbocycles. The molecule has 1 aromatic heterocycles. The van der Waals surface area contributed by atoms with Crippen molar-refractivity contribution in [2.45, 2.75) is 19.5 Å². The molecule has 0 spiro atoms. The van der Waals surface area contributed by atoms with Crippen LogP contribution in [0.25, 0.3) is 11.4 Å². The predicted molar refractivity (Wildman–Crippen MR) is 106 cm³/mol. The van der Waals surface area contributed by atoms with Gasteiger partial charge in [0.25, 0.3) is 11.2 Å². The van der Waals surface area contributed by atoms with Crippen molar-refractivity contribution in [2.75, 3.05) is 6.54 Å². The molecule has 0 saturated carbocycles. The van der Waals surface area contributed by atoms with Gasteiger partial charge in [-0.25, -0.2) is 4.98 Å². The molecule has 1 N–H and O–H groups in total. The number of nitrogens with one attached hydrogen (secondary N) is 1. The van der Waals surface area contributed by atoms with Gasteiger partial charge in [0.2, 0.25) is 0 Å². The molecule has 1 aliphatic rings. The second-order valence-corrected chi connectivity index (χ2v) is 7.11. The molecule has 1 aliphatic heterocycles. The van der Waals surface area contributed by atoms with Crippen LogP contribution in [0, 0.1) is 10.1 Å². The number of nitrogens with zero attached hydrogens (tertiary/aromatic N) is 3. The first kappa shape index (κ1) is 18.3. The molecule has 0 amide bonds. The third kappa shape index (κ3) is 3.67. The van der Waals surface area contributed by atoms with E-state index >= 15 is 0 Å². The molecule has 2 heterocycles. The highest BCUT2D eigenvalue weighted by Gasteiger charge is 2.22. The highest BCUT2D eigenvalue weighted by Crippen LogP contribution is 2.25. The third-order valence-corrected chi connectivity index (χ3v) is 5.20. The topological polar surface area (TPSA) is 92.1 Å². The molecule has 0 radical (unpaired) electrons. The van der Waals surface area contributed by atoms with Gasteiger partial charge in [0.05, 0.1) is 16.2 Å². The Labute approximate surface area is 165 Å². The minimum Gasteiger partial charge on any atom is -0.306 e. The van der Waals surface area contributed by atoms with Gasteiger partial charge in [-0.2, -0.15) is 0 Å². The lowest BCUT2D eigenvalue weighted by molar-refractivity contribution is -0.384. The van der Waals surface area contributed by atoms with E-state index in [-0.39, 0.29) is 11.2 Å². The Kier molecular flexibility index (Phi) is 4.93. The fourth-order valence-electron chi connectivity index (χ4n) is 3.39. The average Bonchev–Trinajstić information content (AvgIpc) is 2.70. The van der Waals surface area contributed by atoms with Crippen molar-refractivity contribution in [2.24, 2.45) is 0 Å². The van der Waals surface area contributed by atoms with Gasteiger partial charge in [0.15, 0.2) is 0 Å². The Bertz CT molecular complexity index is 1100. The van der Waals surface area contributed by atoms with Crippen molar-refractivity contribution >= 4 is 17.3 Å². The van der Waals surface area contributed by atoms with Crippen LogP contribution in [0.4, 0.5) is 5.69 Å². The number of aromatic nitrogens is 2. The lowest BCUT2D eigenvalue weighted by atomic mass is 10.1. The zero-order valence-electron chi connectivity index (χ0n) is 14.9. The Morgan fingerprint density at radius 3 is 2.75 bits per heavy atom. The summed E-state index contributed by atoms with van der Waals surface area (Å²) >= 11 is 6.21. The van der Waals surface area contributed by atoms with E-state index in [1.807, 2.05) is 35.2 Å². The third-order valence-electron chi connectivity index (χ3n) is 4.83. The summed E-state index contributed by atoms with van der Waals surface area (Å²) in [7, 11) is 0. The van der Waals surface area contributed by atoms with E-state index in [1.165, 1.54) is 18.2 Å². The lowest BCUT2D eigenvalue weighted by Crippen LogP contribution is -2.35. The SMILES string of the molecule is O=c1[nH]c(-c2ccccc2)nc2c1CN(Cc1cc([N+](=O)[O-])ccc1Cl)CC2. The molecule has 8 heteroatoms. The molecule has 3 aromatic rings. The number of halogens is 1. The van der Waals surface area contributed by atoms with Crippen LogP contribution in [-0.2, 0) is 19.5 Å². The number of rotatable bonds is 4. The van der Waals surface area contributed by atoms with E-state index in [2.05, 4.69) is 9.97 Å². The maximum atomic E-state index is 12.6. The van der Waals surface area contributed by atoms with Crippen LogP contribution in [0.3, 0.4) is 0 Å². The van der Waals surface area contributed by atoms with Crippen LogP contribution in [0.15, 0.2) is 53.3 Å². The summed E-state index contributed by atoms with van der Waals surface area (Å²) in [6, 6.07) is 13.9. The maximum Gasteiger partial charge on any atom is 0.269 e. The first-order valence-corrected chi connectivity index (χ1v) is 9.22. The minimum atomic E-state index is -0.439. The summed E-state index contributed by atoms with van der Waals surface area (Å²) < 4.78 is 0. The van der Waals surface area contributed by atoms with Crippen LogP contribution in [0.1, 0.15) is 16.8 Å². The summed E-state index contributed by atoms with van der Waals surface area (Å²) in [5.74, 6) is 0.569. The van der Waals surface area contributed by atoms with Crippen LogP contribution in [0.5, 0.6) is 0 Å². The van der Waals surface area contributed by atoms with Crippen molar-refractivity contribution in [3.05, 3.63) is 90.8 Å². The molecule has 0 unspecified atom stereocenters. The molecule has 28 heavy (non-hydrogen) atoms. The van der Waals surface area contributed by atoms with Crippen LogP contribution < -0.4 is 5.56 Å². The first-order chi connectivity index (χ1) is 13.5. The molecule has 4 rings (SSSR count). The summed E-state index contributed by atoms with van der Waals surface area (Å²) in [5, 5.41) is 11.5. The number of hydrogen-bond acceptors (Lipinski definition) is 5. The lowest BCUT2D eigenvalue weighted by Gasteiger charge is -2.28. The number of aromatic amines is 1. The largest absolute Gasteiger partial charge is 0.306 e. The number of benzene rings is 2. The van der Waals surface area contributed by atoms with Crippen molar-refractivity contribution in [1.82, 2.24) is 14.9 Å². The monoisotopic (exact) mass is 396 g/mol. The molecule has 142 valence electrons. The molecule has 0 fully saturated rings. The molecule has 7 nitrogen and oxygen atoms in total. The van der Waals surface area contributed by atoms with Gasteiger partial charge in [-0.3, -0.25) is 19.8 Å². The molecule has 0 saturated heterocycles.